The number of benzene rings is 2. The van der Waals surface area contributed by atoms with E-state index in [1.807, 2.05) is 22.8 Å². The molecule has 0 unspecified atom stereocenters. The van der Waals surface area contributed by atoms with Gasteiger partial charge in [-0.2, -0.15) is 0 Å². The number of hydrogen-bond acceptors (Lipinski definition) is 5. The lowest BCUT2D eigenvalue weighted by molar-refractivity contribution is 0.588. The minimum atomic E-state index is -3.64. The number of aromatic amines is 1. The third-order valence-electron chi connectivity index (χ3n) is 5.46. The highest BCUT2D eigenvalue weighted by Crippen LogP contribution is 2.30. The normalized spacial score (nSPS) is 12.2. The largest absolute Gasteiger partial charge is 0.342 e. The number of aromatic nitrogens is 6. The van der Waals surface area contributed by atoms with Crippen LogP contribution in [0.15, 0.2) is 58.6 Å². The smallest absolute Gasteiger partial charge is 0.328 e. The fraction of sp³-hybridized carbons (Fsp3) is 0.150. The SMILES string of the molecule is CNS(=O)(=O)c1ccc2nc(-c3cnc[nH]3)n(-c3ccc4c(c3)n(C)c(=O)n4C)c2c1. The molecule has 0 atom stereocenters. The van der Waals surface area contributed by atoms with Crippen molar-refractivity contribution in [2.45, 2.75) is 4.90 Å². The maximum Gasteiger partial charge on any atom is 0.328 e. The van der Waals surface area contributed by atoms with Crippen molar-refractivity contribution in [3.8, 4) is 17.2 Å². The fourth-order valence-electron chi connectivity index (χ4n) is 3.79. The predicted molar refractivity (Wildman–Crippen MR) is 117 cm³/mol. The van der Waals surface area contributed by atoms with Crippen LogP contribution in [0.4, 0.5) is 0 Å². The number of aryl methyl sites for hydroxylation is 2. The number of hydrogen-bond donors (Lipinski definition) is 2. The van der Waals surface area contributed by atoms with Crippen LogP contribution in [-0.2, 0) is 24.1 Å². The third kappa shape index (κ3) is 2.81. The molecule has 0 amide bonds. The molecule has 0 aliphatic rings. The van der Waals surface area contributed by atoms with Crippen LogP contribution in [0.25, 0.3) is 39.3 Å². The molecule has 3 aromatic heterocycles. The van der Waals surface area contributed by atoms with Crippen molar-refractivity contribution in [3.05, 3.63) is 59.4 Å². The topological polar surface area (TPSA) is 120 Å². The molecule has 0 fully saturated rings. The summed E-state index contributed by atoms with van der Waals surface area (Å²) in [4.78, 5) is 24.3. The second-order valence-corrected chi connectivity index (χ2v) is 9.05. The maximum atomic E-state index is 12.4. The van der Waals surface area contributed by atoms with Gasteiger partial charge >= 0.3 is 5.69 Å². The summed E-state index contributed by atoms with van der Waals surface area (Å²) in [6, 6.07) is 10.4. The van der Waals surface area contributed by atoms with Crippen molar-refractivity contribution in [2.24, 2.45) is 14.1 Å². The Kier molecular flexibility index (Phi) is 4.14. The number of rotatable bonds is 4. The Labute approximate surface area is 176 Å². The van der Waals surface area contributed by atoms with Gasteiger partial charge in [-0.3, -0.25) is 13.7 Å². The summed E-state index contributed by atoms with van der Waals surface area (Å²) in [5, 5.41) is 0. The standard InChI is InChI=1S/C20H19N7O3S/c1-21-31(29,30)13-5-6-14-17(9-13)27(19(24-14)15-10-22-11-23-15)12-4-7-16-18(8-12)26(3)20(28)25(16)2/h4-11,21H,1-3H3,(H,22,23). The summed E-state index contributed by atoms with van der Waals surface area (Å²) in [5.74, 6) is 0.576. The van der Waals surface area contributed by atoms with Gasteiger partial charge in [0.05, 0.1) is 39.5 Å². The molecule has 0 bridgehead atoms. The third-order valence-corrected chi connectivity index (χ3v) is 6.87. The van der Waals surface area contributed by atoms with E-state index in [4.69, 9.17) is 4.98 Å². The quantitative estimate of drug-likeness (QED) is 0.442. The number of fused-ring (bicyclic) bond motifs is 2. The summed E-state index contributed by atoms with van der Waals surface area (Å²) in [6.07, 6.45) is 3.21. The highest BCUT2D eigenvalue weighted by molar-refractivity contribution is 7.89. The van der Waals surface area contributed by atoms with Gasteiger partial charge in [0.1, 0.15) is 5.69 Å². The van der Waals surface area contributed by atoms with Gasteiger partial charge in [-0.15, -0.1) is 0 Å². The van der Waals surface area contributed by atoms with Crippen molar-refractivity contribution in [2.75, 3.05) is 7.05 Å². The zero-order valence-corrected chi connectivity index (χ0v) is 17.8. The Hall–Kier alpha value is -3.70. The monoisotopic (exact) mass is 437 g/mol. The molecule has 0 saturated carbocycles. The van der Waals surface area contributed by atoms with Gasteiger partial charge in [0.2, 0.25) is 10.0 Å². The molecule has 0 radical (unpaired) electrons. The number of nitrogens with one attached hydrogen (secondary N) is 2. The minimum absolute atomic E-state index is 0.126. The average molecular weight is 437 g/mol. The average Bonchev–Trinajstić information content (AvgIpc) is 3.48. The van der Waals surface area contributed by atoms with Crippen LogP contribution in [0, 0.1) is 0 Å². The number of imidazole rings is 3. The molecule has 3 heterocycles. The Morgan fingerprint density at radius 3 is 2.48 bits per heavy atom. The van der Waals surface area contributed by atoms with E-state index in [0.717, 1.165) is 16.7 Å². The van der Waals surface area contributed by atoms with Gasteiger partial charge in [-0.1, -0.05) is 0 Å². The van der Waals surface area contributed by atoms with Crippen LogP contribution >= 0.6 is 0 Å². The van der Waals surface area contributed by atoms with Crippen LogP contribution in [0.3, 0.4) is 0 Å². The molecule has 11 heteroatoms. The zero-order valence-electron chi connectivity index (χ0n) is 17.0. The van der Waals surface area contributed by atoms with E-state index in [9.17, 15) is 13.2 Å². The summed E-state index contributed by atoms with van der Waals surface area (Å²) in [5.41, 5.74) is 4.07. The van der Waals surface area contributed by atoms with Gasteiger partial charge in [-0.05, 0) is 43.4 Å². The molecule has 158 valence electrons. The van der Waals surface area contributed by atoms with E-state index < -0.39 is 10.0 Å². The molecule has 10 nitrogen and oxygen atoms in total. The van der Waals surface area contributed by atoms with E-state index in [1.54, 1.807) is 47.9 Å². The fourth-order valence-corrected chi connectivity index (χ4v) is 4.54. The van der Waals surface area contributed by atoms with E-state index in [2.05, 4.69) is 14.7 Å². The second kappa shape index (κ2) is 6.65. The van der Waals surface area contributed by atoms with Gasteiger partial charge in [-0.25, -0.2) is 27.9 Å². The zero-order chi connectivity index (χ0) is 21.9. The molecule has 2 aromatic carbocycles. The highest BCUT2D eigenvalue weighted by atomic mass is 32.2. The van der Waals surface area contributed by atoms with Crippen molar-refractivity contribution in [1.82, 2.24) is 33.4 Å². The molecule has 2 N–H and O–H groups in total. The molecule has 0 saturated heterocycles. The van der Waals surface area contributed by atoms with Crippen LogP contribution < -0.4 is 10.4 Å². The lowest BCUT2D eigenvalue weighted by Gasteiger charge is -2.10. The Bertz CT molecular complexity index is 1620. The van der Waals surface area contributed by atoms with Crippen molar-refractivity contribution < 1.29 is 8.42 Å². The molecule has 5 aromatic rings. The molecular formula is C20H19N7O3S. The summed E-state index contributed by atoms with van der Waals surface area (Å²) < 4.78 is 32.1. The lowest BCUT2D eigenvalue weighted by atomic mass is 10.2. The van der Waals surface area contributed by atoms with E-state index in [0.29, 0.717) is 22.6 Å². The summed E-state index contributed by atoms with van der Waals surface area (Å²) in [6.45, 7) is 0. The molecule has 31 heavy (non-hydrogen) atoms. The predicted octanol–water partition coefficient (Wildman–Crippen LogP) is 1.51. The second-order valence-electron chi connectivity index (χ2n) is 7.17. The molecular weight excluding hydrogens is 418 g/mol. The summed E-state index contributed by atoms with van der Waals surface area (Å²) in [7, 11) is 1.18. The maximum absolute atomic E-state index is 12.4. The number of nitrogens with zero attached hydrogens (tertiary/aromatic N) is 5. The Balaban J connectivity index is 1.87. The molecule has 0 aliphatic heterocycles. The molecule has 0 aliphatic carbocycles. The van der Waals surface area contributed by atoms with E-state index >= 15 is 0 Å². The van der Waals surface area contributed by atoms with Crippen LogP contribution in [0.5, 0.6) is 0 Å². The Morgan fingerprint density at radius 2 is 1.77 bits per heavy atom. The first-order valence-corrected chi connectivity index (χ1v) is 10.9. The van der Waals surface area contributed by atoms with E-state index in [1.165, 1.54) is 13.1 Å². The Morgan fingerprint density at radius 1 is 1.00 bits per heavy atom. The van der Waals surface area contributed by atoms with Crippen molar-refractivity contribution in [3.63, 3.8) is 0 Å². The van der Waals surface area contributed by atoms with Gasteiger partial charge < -0.3 is 4.98 Å². The van der Waals surface area contributed by atoms with Crippen molar-refractivity contribution in [1.29, 1.82) is 0 Å². The van der Waals surface area contributed by atoms with Gasteiger partial charge in [0, 0.05) is 19.8 Å². The minimum Gasteiger partial charge on any atom is -0.342 e. The van der Waals surface area contributed by atoms with Gasteiger partial charge in [0.15, 0.2) is 5.82 Å². The first-order valence-electron chi connectivity index (χ1n) is 9.42. The van der Waals surface area contributed by atoms with Crippen LogP contribution in [0.2, 0.25) is 0 Å². The molecule has 0 spiro atoms. The first-order chi connectivity index (χ1) is 14.8. The van der Waals surface area contributed by atoms with Gasteiger partial charge in [0.25, 0.3) is 0 Å². The highest BCUT2D eigenvalue weighted by Gasteiger charge is 2.20. The van der Waals surface area contributed by atoms with Crippen molar-refractivity contribution >= 4 is 32.1 Å². The van der Waals surface area contributed by atoms with E-state index in [-0.39, 0.29) is 10.6 Å². The van der Waals surface area contributed by atoms with Crippen LogP contribution in [-0.4, -0.2) is 44.1 Å². The summed E-state index contributed by atoms with van der Waals surface area (Å²) >= 11 is 0. The van der Waals surface area contributed by atoms with Crippen LogP contribution in [0.1, 0.15) is 0 Å². The lowest BCUT2D eigenvalue weighted by Crippen LogP contribution is -2.19. The number of H-pyrrole nitrogens is 1. The first kappa shape index (κ1) is 19.3. The number of sulfonamides is 1. The molecule has 5 rings (SSSR count).